The number of hydrogen-bond donors (Lipinski definition) is 2. The lowest BCUT2D eigenvalue weighted by atomic mass is 10.0. The minimum absolute atomic E-state index is 0.115. The molecule has 0 aliphatic heterocycles. The summed E-state index contributed by atoms with van der Waals surface area (Å²) in [5.41, 5.74) is 8.69. The van der Waals surface area contributed by atoms with E-state index in [9.17, 15) is 9.90 Å². The van der Waals surface area contributed by atoms with E-state index >= 15 is 0 Å². The van der Waals surface area contributed by atoms with E-state index in [4.69, 9.17) is 0 Å². The highest BCUT2D eigenvalue weighted by Crippen LogP contribution is 2.34. The van der Waals surface area contributed by atoms with Crippen molar-refractivity contribution < 1.29 is 9.90 Å². The smallest absolute Gasteiger partial charge is 0.235 e. The normalized spacial score (nSPS) is 10.9. The van der Waals surface area contributed by atoms with Crippen LogP contribution in [0.4, 0.5) is 0 Å². The Kier molecular flexibility index (Phi) is 5.23. The van der Waals surface area contributed by atoms with Gasteiger partial charge in [0.1, 0.15) is 0 Å². The Balaban J connectivity index is 2.17. The first-order valence-corrected chi connectivity index (χ1v) is 8.71. The van der Waals surface area contributed by atoms with E-state index in [1.54, 1.807) is 4.68 Å². The molecule has 2 heterocycles. The van der Waals surface area contributed by atoms with Gasteiger partial charge in [-0.25, -0.2) is 4.98 Å². The van der Waals surface area contributed by atoms with Crippen LogP contribution in [-0.4, -0.2) is 31.8 Å². The van der Waals surface area contributed by atoms with Gasteiger partial charge in [-0.05, 0) is 26.3 Å². The van der Waals surface area contributed by atoms with Crippen LogP contribution in [0.15, 0.2) is 42.7 Å². The third kappa shape index (κ3) is 3.41. The summed E-state index contributed by atoms with van der Waals surface area (Å²) in [6.45, 7) is 6.25. The van der Waals surface area contributed by atoms with Crippen LogP contribution in [0.1, 0.15) is 24.7 Å². The molecular weight excluding hydrogens is 328 g/mol. The van der Waals surface area contributed by atoms with Crippen molar-refractivity contribution in [2.24, 2.45) is 0 Å². The highest BCUT2D eigenvalue weighted by Gasteiger charge is 2.20. The van der Waals surface area contributed by atoms with E-state index in [0.717, 1.165) is 33.9 Å². The highest BCUT2D eigenvalue weighted by molar-refractivity contribution is 5.83. The Morgan fingerprint density at radius 3 is 2.62 bits per heavy atom. The lowest BCUT2D eigenvalue weighted by Crippen LogP contribution is -2.21. The topological polar surface area (TPSA) is 72.1 Å². The zero-order valence-electron chi connectivity index (χ0n) is 15.4. The van der Waals surface area contributed by atoms with Crippen molar-refractivity contribution in [1.82, 2.24) is 14.2 Å². The van der Waals surface area contributed by atoms with Crippen LogP contribution in [0.25, 0.3) is 22.5 Å². The second-order valence-electron chi connectivity index (χ2n) is 6.37. The number of carbonyl (C=O) groups is 1. The van der Waals surface area contributed by atoms with Crippen molar-refractivity contribution in [1.29, 1.82) is 0 Å². The first-order valence-electron chi connectivity index (χ1n) is 8.71. The summed E-state index contributed by atoms with van der Waals surface area (Å²) in [5.74, 6) is -0.115. The van der Waals surface area contributed by atoms with Crippen LogP contribution in [-0.2, 0) is 11.3 Å². The summed E-state index contributed by atoms with van der Waals surface area (Å²) in [4.78, 5) is 16.2. The van der Waals surface area contributed by atoms with Gasteiger partial charge in [-0.1, -0.05) is 30.3 Å². The van der Waals surface area contributed by atoms with Gasteiger partial charge in [0.15, 0.2) is 0 Å². The number of aromatic nitrogens is 3. The molecule has 0 spiro atoms. The molecule has 136 valence electrons. The van der Waals surface area contributed by atoms with Gasteiger partial charge in [-0.3, -0.25) is 14.9 Å². The number of imidazole rings is 1. The fraction of sp³-hybridized carbons (Fsp3) is 0.300. The number of nitrogens with one attached hydrogen (secondary N) is 1. The number of nitrogens with zero attached hydrogens (tertiary/aromatic N) is 3. The lowest BCUT2D eigenvalue weighted by Gasteiger charge is -2.12. The monoisotopic (exact) mass is 352 g/mol. The largest absolute Gasteiger partial charge is 0.396 e. The van der Waals surface area contributed by atoms with Crippen LogP contribution in [0.5, 0.6) is 0 Å². The number of aliphatic hydroxyl groups is 1. The molecule has 0 atom stereocenters. The Bertz CT molecular complexity index is 910. The second kappa shape index (κ2) is 7.58. The van der Waals surface area contributed by atoms with Gasteiger partial charge in [0.2, 0.25) is 5.91 Å². The molecule has 0 aliphatic carbocycles. The van der Waals surface area contributed by atoms with Gasteiger partial charge in [0, 0.05) is 42.6 Å². The SMILES string of the molecule is CC(=O)Nn1c(C)cc(-c2c(-c3ccccc3)ncn2CCCO)c1C. The van der Waals surface area contributed by atoms with E-state index in [2.05, 4.69) is 21.0 Å². The van der Waals surface area contributed by atoms with Gasteiger partial charge < -0.3 is 9.67 Å². The first-order chi connectivity index (χ1) is 12.5. The standard InChI is InChI=1S/C20H24N4O2/c1-14-12-18(15(2)24(14)22-16(3)26)20-19(17-8-5-4-6-9-17)21-13-23(20)10-7-11-25/h4-6,8-9,12-13,25H,7,10-11H2,1-3H3,(H,22,26). The van der Waals surface area contributed by atoms with Gasteiger partial charge in [0.25, 0.3) is 0 Å². The zero-order valence-corrected chi connectivity index (χ0v) is 15.4. The number of hydrogen-bond acceptors (Lipinski definition) is 3. The van der Waals surface area contributed by atoms with Gasteiger partial charge in [-0.15, -0.1) is 0 Å². The summed E-state index contributed by atoms with van der Waals surface area (Å²) < 4.78 is 3.87. The molecule has 2 aromatic heterocycles. The minimum Gasteiger partial charge on any atom is -0.396 e. The number of carbonyl (C=O) groups excluding carboxylic acids is 1. The lowest BCUT2D eigenvalue weighted by molar-refractivity contribution is -0.115. The van der Waals surface area contributed by atoms with Crippen molar-refractivity contribution >= 4 is 5.91 Å². The predicted molar refractivity (Wildman–Crippen MR) is 102 cm³/mol. The molecule has 6 nitrogen and oxygen atoms in total. The van der Waals surface area contributed by atoms with E-state index in [-0.39, 0.29) is 12.5 Å². The third-order valence-corrected chi connectivity index (χ3v) is 4.40. The average Bonchev–Trinajstić information content (AvgIpc) is 3.16. The number of benzene rings is 1. The molecule has 3 rings (SSSR count). The van der Waals surface area contributed by atoms with Gasteiger partial charge in [-0.2, -0.15) is 0 Å². The molecule has 1 aromatic carbocycles. The van der Waals surface area contributed by atoms with Crippen LogP contribution < -0.4 is 5.43 Å². The molecule has 0 saturated carbocycles. The van der Waals surface area contributed by atoms with Crippen LogP contribution in [0.2, 0.25) is 0 Å². The molecule has 1 amide bonds. The molecule has 0 unspecified atom stereocenters. The molecule has 0 aliphatic rings. The van der Waals surface area contributed by atoms with E-state index < -0.39 is 0 Å². The van der Waals surface area contributed by atoms with Crippen molar-refractivity contribution in [2.75, 3.05) is 12.0 Å². The molecular formula is C20H24N4O2. The molecule has 0 radical (unpaired) electrons. The fourth-order valence-electron chi connectivity index (χ4n) is 3.21. The van der Waals surface area contributed by atoms with Crippen molar-refractivity contribution in [3.05, 3.63) is 54.1 Å². The number of aryl methyl sites for hydroxylation is 2. The maximum absolute atomic E-state index is 11.5. The molecule has 0 saturated heterocycles. The van der Waals surface area contributed by atoms with Gasteiger partial charge >= 0.3 is 0 Å². The summed E-state index contributed by atoms with van der Waals surface area (Å²) in [7, 11) is 0. The van der Waals surface area contributed by atoms with Crippen LogP contribution in [0, 0.1) is 13.8 Å². The number of aliphatic hydroxyl groups excluding tert-OH is 1. The van der Waals surface area contributed by atoms with Gasteiger partial charge in [0.05, 0.1) is 17.7 Å². The minimum atomic E-state index is -0.115. The highest BCUT2D eigenvalue weighted by atomic mass is 16.3. The van der Waals surface area contributed by atoms with E-state index in [1.165, 1.54) is 6.92 Å². The molecule has 26 heavy (non-hydrogen) atoms. The van der Waals surface area contributed by atoms with Crippen LogP contribution >= 0.6 is 0 Å². The quantitative estimate of drug-likeness (QED) is 0.716. The summed E-state index contributed by atoms with van der Waals surface area (Å²) in [6, 6.07) is 12.1. The third-order valence-electron chi connectivity index (χ3n) is 4.40. The first kappa shape index (κ1) is 17.9. The summed E-state index contributed by atoms with van der Waals surface area (Å²) in [5, 5.41) is 9.23. The second-order valence-corrected chi connectivity index (χ2v) is 6.37. The maximum atomic E-state index is 11.5. The molecule has 0 bridgehead atoms. The summed E-state index contributed by atoms with van der Waals surface area (Å²) in [6.07, 6.45) is 2.47. The molecule has 2 N–H and O–H groups in total. The zero-order chi connectivity index (χ0) is 18.7. The Morgan fingerprint density at radius 2 is 1.96 bits per heavy atom. The molecule has 3 aromatic rings. The number of rotatable bonds is 6. The molecule has 6 heteroatoms. The predicted octanol–water partition coefficient (Wildman–Crippen LogP) is 3.11. The maximum Gasteiger partial charge on any atom is 0.235 e. The van der Waals surface area contributed by atoms with E-state index in [0.29, 0.717) is 13.0 Å². The molecule has 0 fully saturated rings. The van der Waals surface area contributed by atoms with Crippen LogP contribution in [0.3, 0.4) is 0 Å². The van der Waals surface area contributed by atoms with Crippen molar-refractivity contribution in [3.8, 4) is 22.5 Å². The van der Waals surface area contributed by atoms with Crippen molar-refractivity contribution in [2.45, 2.75) is 33.7 Å². The average molecular weight is 352 g/mol. The Labute approximate surface area is 153 Å². The Hall–Kier alpha value is -2.86. The van der Waals surface area contributed by atoms with Crippen molar-refractivity contribution in [3.63, 3.8) is 0 Å². The fourth-order valence-corrected chi connectivity index (χ4v) is 3.21. The Morgan fingerprint density at radius 1 is 1.23 bits per heavy atom. The summed E-state index contributed by atoms with van der Waals surface area (Å²) >= 11 is 0. The number of amides is 1. The van der Waals surface area contributed by atoms with E-state index in [1.807, 2.05) is 50.5 Å².